The zero-order valence-electron chi connectivity index (χ0n) is 18.4. The second-order valence-corrected chi connectivity index (χ2v) is 8.15. The molecule has 1 saturated heterocycles. The van der Waals surface area contributed by atoms with Crippen LogP contribution in [0.2, 0.25) is 0 Å². The molecule has 2 aliphatic rings. The van der Waals surface area contributed by atoms with E-state index in [0.29, 0.717) is 12.2 Å². The van der Waals surface area contributed by atoms with Crippen LogP contribution in [0.5, 0.6) is 0 Å². The van der Waals surface area contributed by atoms with Crippen LogP contribution in [0.3, 0.4) is 0 Å². The van der Waals surface area contributed by atoms with Crippen LogP contribution in [-0.2, 0) is 16.0 Å². The molecule has 0 aromatic heterocycles. The number of fused-ring (bicyclic) bond motifs is 1. The van der Waals surface area contributed by atoms with Crippen molar-refractivity contribution in [2.75, 3.05) is 19.6 Å². The Morgan fingerprint density at radius 2 is 1.44 bits per heavy atom. The van der Waals surface area contributed by atoms with Gasteiger partial charge in [0.05, 0.1) is 0 Å². The summed E-state index contributed by atoms with van der Waals surface area (Å²) in [4.78, 5) is 21.8. The van der Waals surface area contributed by atoms with Crippen LogP contribution >= 0.6 is 0 Å². The van der Waals surface area contributed by atoms with Gasteiger partial charge in [-0.05, 0) is 66.6 Å². The van der Waals surface area contributed by atoms with Gasteiger partial charge in [0.1, 0.15) is 0 Å². The first kappa shape index (κ1) is 23.5. The Labute approximate surface area is 189 Å². The van der Waals surface area contributed by atoms with Crippen LogP contribution in [0.1, 0.15) is 43.2 Å². The topological polar surface area (TPSA) is 77.8 Å². The fraction of sp³-hybridized carbons (Fsp3) is 0.333. The van der Waals surface area contributed by atoms with Gasteiger partial charge in [0.15, 0.2) is 0 Å². The smallest absolute Gasteiger partial charge is 0.328 e. The van der Waals surface area contributed by atoms with E-state index < -0.39 is 11.9 Å². The summed E-state index contributed by atoms with van der Waals surface area (Å²) < 4.78 is 0. The highest BCUT2D eigenvalue weighted by Crippen LogP contribution is 2.36. The van der Waals surface area contributed by atoms with Gasteiger partial charge in [0.25, 0.3) is 0 Å². The Morgan fingerprint density at radius 3 is 2.06 bits per heavy atom. The molecule has 0 spiro atoms. The third-order valence-corrected chi connectivity index (χ3v) is 5.92. The van der Waals surface area contributed by atoms with E-state index in [1.54, 1.807) is 5.57 Å². The molecule has 0 unspecified atom stereocenters. The van der Waals surface area contributed by atoms with Crippen LogP contribution in [0.4, 0.5) is 0 Å². The Balaban J connectivity index is 0.000000312. The van der Waals surface area contributed by atoms with Crippen molar-refractivity contribution in [3.05, 3.63) is 77.9 Å². The zero-order valence-corrected chi connectivity index (χ0v) is 18.4. The van der Waals surface area contributed by atoms with Crippen LogP contribution < -0.4 is 0 Å². The molecule has 2 N–H and O–H groups in total. The van der Waals surface area contributed by atoms with Gasteiger partial charge < -0.3 is 15.1 Å². The van der Waals surface area contributed by atoms with Crippen molar-refractivity contribution in [3.8, 4) is 11.1 Å². The average molecular weight is 434 g/mol. The predicted octanol–water partition coefficient (Wildman–Crippen LogP) is 5.27. The van der Waals surface area contributed by atoms with Crippen LogP contribution in [-0.4, -0.2) is 46.7 Å². The summed E-state index contributed by atoms with van der Waals surface area (Å²) >= 11 is 0. The molecule has 32 heavy (non-hydrogen) atoms. The molecule has 0 amide bonds. The van der Waals surface area contributed by atoms with E-state index in [4.69, 9.17) is 10.2 Å². The van der Waals surface area contributed by atoms with Gasteiger partial charge >= 0.3 is 11.9 Å². The van der Waals surface area contributed by atoms with Gasteiger partial charge in [0.2, 0.25) is 0 Å². The summed E-state index contributed by atoms with van der Waals surface area (Å²) in [7, 11) is 0. The van der Waals surface area contributed by atoms with Gasteiger partial charge in [-0.3, -0.25) is 0 Å². The number of aliphatic carboxylic acids is 2. The molecule has 4 rings (SSSR count). The van der Waals surface area contributed by atoms with Gasteiger partial charge in [0, 0.05) is 18.7 Å². The summed E-state index contributed by atoms with van der Waals surface area (Å²) in [6, 6.07) is 17.6. The molecule has 168 valence electrons. The van der Waals surface area contributed by atoms with E-state index in [1.165, 1.54) is 74.0 Å². The lowest BCUT2D eigenvalue weighted by molar-refractivity contribution is -0.134. The number of likely N-dealkylation sites (tertiary alicyclic amines) is 1. The predicted molar refractivity (Wildman–Crippen MR) is 127 cm³/mol. The number of carbonyl (C=O) groups is 2. The van der Waals surface area contributed by atoms with Crippen molar-refractivity contribution < 1.29 is 19.8 Å². The van der Waals surface area contributed by atoms with Gasteiger partial charge in [-0.15, -0.1) is 0 Å². The largest absolute Gasteiger partial charge is 0.478 e. The van der Waals surface area contributed by atoms with E-state index in [-0.39, 0.29) is 0 Å². The minimum Gasteiger partial charge on any atom is -0.478 e. The molecule has 5 nitrogen and oxygen atoms in total. The zero-order chi connectivity index (χ0) is 22.8. The summed E-state index contributed by atoms with van der Waals surface area (Å²) in [6.07, 6.45) is 11.5. The molecule has 2 aromatic carbocycles. The van der Waals surface area contributed by atoms with Crippen molar-refractivity contribution in [3.63, 3.8) is 0 Å². The Morgan fingerprint density at radius 1 is 0.812 bits per heavy atom. The summed E-state index contributed by atoms with van der Waals surface area (Å²) in [6.45, 7) is 3.81. The molecule has 1 aliphatic heterocycles. The first-order chi connectivity index (χ1) is 15.5. The Bertz CT molecular complexity index is 954. The molecule has 0 bridgehead atoms. The molecule has 2 aromatic rings. The lowest BCUT2D eigenvalue weighted by atomic mass is 9.94. The molecular weight excluding hydrogens is 402 g/mol. The van der Waals surface area contributed by atoms with Gasteiger partial charge in [-0.1, -0.05) is 67.4 Å². The van der Waals surface area contributed by atoms with Crippen molar-refractivity contribution in [1.82, 2.24) is 4.90 Å². The Hall–Kier alpha value is -3.18. The summed E-state index contributed by atoms with van der Waals surface area (Å²) in [5.41, 5.74) is 7.33. The fourth-order valence-corrected chi connectivity index (χ4v) is 4.35. The third kappa shape index (κ3) is 6.92. The molecule has 1 aliphatic carbocycles. The number of carboxylic acids is 2. The molecule has 0 radical (unpaired) electrons. The minimum absolute atomic E-state index is 0.558. The van der Waals surface area contributed by atoms with Crippen LogP contribution in [0, 0.1) is 0 Å². The Kier molecular flexibility index (Phi) is 8.81. The van der Waals surface area contributed by atoms with Crippen LogP contribution in [0.15, 0.2) is 66.8 Å². The van der Waals surface area contributed by atoms with E-state index in [1.807, 2.05) is 0 Å². The first-order valence-corrected chi connectivity index (χ1v) is 11.3. The quantitative estimate of drug-likeness (QED) is 0.607. The highest BCUT2D eigenvalue weighted by atomic mass is 16.4. The van der Waals surface area contributed by atoms with Crippen molar-refractivity contribution in [2.45, 2.75) is 38.5 Å². The number of rotatable bonds is 6. The van der Waals surface area contributed by atoms with E-state index in [2.05, 4.69) is 59.5 Å². The maximum atomic E-state index is 9.55. The lowest BCUT2D eigenvalue weighted by Crippen LogP contribution is -2.25. The van der Waals surface area contributed by atoms with E-state index in [9.17, 15) is 9.59 Å². The lowest BCUT2D eigenvalue weighted by Gasteiger charge is -2.20. The number of nitrogens with zero attached hydrogens (tertiary/aromatic N) is 1. The fourth-order valence-electron chi connectivity index (χ4n) is 4.35. The van der Waals surface area contributed by atoms with E-state index >= 15 is 0 Å². The van der Waals surface area contributed by atoms with Crippen molar-refractivity contribution in [2.24, 2.45) is 0 Å². The maximum absolute atomic E-state index is 9.55. The maximum Gasteiger partial charge on any atom is 0.328 e. The number of benzene rings is 2. The van der Waals surface area contributed by atoms with E-state index in [0.717, 1.165) is 6.42 Å². The molecular formula is C27H31NO4. The third-order valence-electron chi connectivity index (χ3n) is 5.92. The highest BCUT2D eigenvalue weighted by molar-refractivity contribution is 5.89. The van der Waals surface area contributed by atoms with Gasteiger partial charge in [-0.2, -0.15) is 0 Å². The average Bonchev–Trinajstić information content (AvgIpc) is 3.03. The van der Waals surface area contributed by atoms with Crippen molar-refractivity contribution in [1.29, 1.82) is 0 Å². The molecule has 1 heterocycles. The molecule has 1 fully saturated rings. The number of hydrogen-bond acceptors (Lipinski definition) is 3. The monoisotopic (exact) mass is 433 g/mol. The normalized spacial score (nSPS) is 15.9. The standard InChI is InChI=1S/C23H27N.C4H4O4/c1-2-7-17-24(16-6-1)18-15-20-13-14-23-21(11-8-12-22(20)23)19-9-4-3-5-10-19;5-3(6)1-2-4(7)8/h3-5,8-13H,1-2,6-7,14-18H2;1-2H,(H,5,6)(H,7,8)/b;2-1-. The minimum atomic E-state index is -1.26. The number of carboxylic acid groups (broad SMARTS) is 2. The molecule has 0 saturated carbocycles. The number of hydrogen-bond donors (Lipinski definition) is 2. The first-order valence-electron chi connectivity index (χ1n) is 11.3. The van der Waals surface area contributed by atoms with Crippen molar-refractivity contribution >= 4 is 17.5 Å². The molecule has 0 atom stereocenters. The second kappa shape index (κ2) is 12.0. The summed E-state index contributed by atoms with van der Waals surface area (Å²) in [5.74, 6) is -2.51. The summed E-state index contributed by atoms with van der Waals surface area (Å²) in [5, 5.41) is 15.6. The number of allylic oxidation sites excluding steroid dienone is 1. The molecule has 5 heteroatoms. The second-order valence-electron chi connectivity index (χ2n) is 8.15. The SMILES string of the molecule is C1=C(CCN2CCCCCC2)c2cccc(-c3ccccc3)c2C1.O=C(O)/C=C\C(=O)O. The highest BCUT2D eigenvalue weighted by Gasteiger charge is 2.18. The van der Waals surface area contributed by atoms with Gasteiger partial charge in [-0.25, -0.2) is 9.59 Å². The van der Waals surface area contributed by atoms with Crippen LogP contribution in [0.25, 0.3) is 16.7 Å².